The van der Waals surface area contributed by atoms with Gasteiger partial charge in [-0.1, -0.05) is 28.1 Å². The summed E-state index contributed by atoms with van der Waals surface area (Å²) in [5.41, 5.74) is 3.11. The molecule has 0 aliphatic carbocycles. The van der Waals surface area contributed by atoms with Crippen LogP contribution in [0.5, 0.6) is 11.5 Å². The third kappa shape index (κ3) is 3.33. The molecule has 20 heavy (non-hydrogen) atoms. The van der Waals surface area contributed by atoms with E-state index in [0.717, 1.165) is 33.8 Å². The van der Waals surface area contributed by atoms with E-state index in [4.69, 9.17) is 9.47 Å². The van der Waals surface area contributed by atoms with Crippen molar-refractivity contribution in [2.24, 2.45) is 7.05 Å². The van der Waals surface area contributed by atoms with E-state index in [0.29, 0.717) is 13.2 Å². The number of ether oxygens (including phenoxy) is 2. The fourth-order valence-electron chi connectivity index (χ4n) is 2.04. The second-order valence-electron chi connectivity index (χ2n) is 4.50. The zero-order valence-corrected chi connectivity index (χ0v) is 13.6. The van der Waals surface area contributed by atoms with E-state index in [9.17, 15) is 0 Å². The molecule has 0 unspecified atom stereocenters. The molecule has 2 aromatic rings. The molecule has 1 heterocycles. The van der Waals surface area contributed by atoms with Crippen molar-refractivity contribution in [2.75, 3.05) is 6.61 Å². The van der Waals surface area contributed by atoms with E-state index in [1.54, 1.807) is 0 Å². The zero-order chi connectivity index (χ0) is 14.5. The molecule has 0 spiro atoms. The minimum atomic E-state index is 0.474. The molecule has 0 radical (unpaired) electrons. The minimum absolute atomic E-state index is 0.474. The fraction of sp³-hybridized carbons (Fsp3) is 0.400. The second kappa shape index (κ2) is 6.79. The maximum absolute atomic E-state index is 5.98. The quantitative estimate of drug-likeness (QED) is 0.755. The first-order valence-electron chi connectivity index (χ1n) is 6.58. The molecule has 0 fully saturated rings. The first kappa shape index (κ1) is 14.9. The number of alkyl halides is 1. The SMILES string of the molecule is CCOc1cccc(CBr)c1OCc1cc(C)nn1C. The summed E-state index contributed by atoms with van der Waals surface area (Å²) >= 11 is 3.49. The third-order valence-electron chi connectivity index (χ3n) is 2.97. The van der Waals surface area contributed by atoms with Crippen LogP contribution in [0.2, 0.25) is 0 Å². The summed E-state index contributed by atoms with van der Waals surface area (Å²) in [5.74, 6) is 1.58. The normalized spacial score (nSPS) is 10.6. The lowest BCUT2D eigenvalue weighted by Crippen LogP contribution is -2.05. The Labute approximate surface area is 127 Å². The van der Waals surface area contributed by atoms with E-state index < -0.39 is 0 Å². The zero-order valence-electron chi connectivity index (χ0n) is 12.0. The van der Waals surface area contributed by atoms with Crippen molar-refractivity contribution in [3.05, 3.63) is 41.2 Å². The highest BCUT2D eigenvalue weighted by Gasteiger charge is 2.11. The molecule has 0 saturated carbocycles. The van der Waals surface area contributed by atoms with Crippen LogP contribution in [0.15, 0.2) is 24.3 Å². The number of aromatic nitrogens is 2. The van der Waals surface area contributed by atoms with Crippen LogP contribution in [-0.2, 0) is 19.0 Å². The Balaban J connectivity index is 2.21. The Morgan fingerprint density at radius 3 is 2.70 bits per heavy atom. The van der Waals surface area contributed by atoms with Crippen molar-refractivity contribution in [1.29, 1.82) is 0 Å². The van der Waals surface area contributed by atoms with Crippen LogP contribution in [0.1, 0.15) is 23.9 Å². The fourth-order valence-corrected chi connectivity index (χ4v) is 2.49. The molecule has 0 atom stereocenters. The second-order valence-corrected chi connectivity index (χ2v) is 5.06. The molecule has 4 nitrogen and oxygen atoms in total. The molecule has 0 aliphatic rings. The lowest BCUT2D eigenvalue weighted by atomic mass is 10.2. The summed E-state index contributed by atoms with van der Waals surface area (Å²) in [4.78, 5) is 0. The van der Waals surface area contributed by atoms with Gasteiger partial charge in [-0.2, -0.15) is 5.10 Å². The molecule has 1 aromatic carbocycles. The van der Waals surface area contributed by atoms with Gasteiger partial charge in [-0.15, -0.1) is 0 Å². The molecule has 1 aromatic heterocycles. The molecule has 0 N–H and O–H groups in total. The first-order valence-corrected chi connectivity index (χ1v) is 7.70. The van der Waals surface area contributed by atoms with Gasteiger partial charge in [0.15, 0.2) is 11.5 Å². The highest BCUT2D eigenvalue weighted by molar-refractivity contribution is 9.08. The monoisotopic (exact) mass is 338 g/mol. The smallest absolute Gasteiger partial charge is 0.165 e. The molecule has 0 amide bonds. The maximum Gasteiger partial charge on any atom is 0.165 e. The van der Waals surface area contributed by atoms with Gasteiger partial charge in [-0.3, -0.25) is 4.68 Å². The lowest BCUT2D eigenvalue weighted by Gasteiger charge is -2.15. The molecule has 108 valence electrons. The highest BCUT2D eigenvalue weighted by Crippen LogP contribution is 2.33. The molecular weight excluding hydrogens is 320 g/mol. The van der Waals surface area contributed by atoms with Crippen molar-refractivity contribution in [1.82, 2.24) is 9.78 Å². The van der Waals surface area contributed by atoms with Crippen molar-refractivity contribution in [3.8, 4) is 11.5 Å². The largest absolute Gasteiger partial charge is 0.490 e. The molecule has 0 bridgehead atoms. The Kier molecular flexibility index (Phi) is 5.06. The van der Waals surface area contributed by atoms with E-state index in [1.807, 2.05) is 49.8 Å². The summed E-state index contributed by atoms with van der Waals surface area (Å²) in [7, 11) is 1.92. The highest BCUT2D eigenvalue weighted by atomic mass is 79.9. The first-order chi connectivity index (χ1) is 9.65. The van der Waals surface area contributed by atoms with Gasteiger partial charge in [-0.05, 0) is 26.0 Å². The van der Waals surface area contributed by atoms with E-state index in [1.165, 1.54) is 0 Å². The van der Waals surface area contributed by atoms with Crippen LogP contribution in [0, 0.1) is 6.92 Å². The predicted molar refractivity (Wildman–Crippen MR) is 82.5 cm³/mol. The summed E-state index contributed by atoms with van der Waals surface area (Å²) in [5, 5.41) is 5.05. The number of nitrogens with zero attached hydrogens (tertiary/aromatic N) is 2. The molecular formula is C15H19BrN2O2. The van der Waals surface area contributed by atoms with Gasteiger partial charge in [0, 0.05) is 17.9 Å². The number of aryl methyl sites for hydroxylation is 2. The Morgan fingerprint density at radius 1 is 1.30 bits per heavy atom. The van der Waals surface area contributed by atoms with E-state index in [-0.39, 0.29) is 0 Å². The molecule has 0 aliphatic heterocycles. The lowest BCUT2D eigenvalue weighted by molar-refractivity contribution is 0.261. The third-order valence-corrected chi connectivity index (χ3v) is 3.57. The number of benzene rings is 1. The van der Waals surface area contributed by atoms with Crippen LogP contribution >= 0.6 is 15.9 Å². The van der Waals surface area contributed by atoms with E-state index >= 15 is 0 Å². The van der Waals surface area contributed by atoms with Crippen LogP contribution in [-0.4, -0.2) is 16.4 Å². The summed E-state index contributed by atoms with van der Waals surface area (Å²) in [6.45, 7) is 5.03. The molecule has 2 rings (SSSR count). The minimum Gasteiger partial charge on any atom is -0.490 e. The maximum atomic E-state index is 5.98. The van der Waals surface area contributed by atoms with Crippen molar-refractivity contribution in [3.63, 3.8) is 0 Å². The summed E-state index contributed by atoms with van der Waals surface area (Å²) in [6, 6.07) is 7.96. The Morgan fingerprint density at radius 2 is 2.10 bits per heavy atom. The average molecular weight is 339 g/mol. The van der Waals surface area contributed by atoms with Crippen LogP contribution in [0.4, 0.5) is 0 Å². The van der Waals surface area contributed by atoms with Crippen molar-refractivity contribution < 1.29 is 9.47 Å². The van der Waals surface area contributed by atoms with Gasteiger partial charge in [-0.25, -0.2) is 0 Å². The van der Waals surface area contributed by atoms with Gasteiger partial charge in [0.2, 0.25) is 0 Å². The van der Waals surface area contributed by atoms with Crippen LogP contribution in [0.25, 0.3) is 0 Å². The van der Waals surface area contributed by atoms with Gasteiger partial charge in [0.1, 0.15) is 6.61 Å². The Hall–Kier alpha value is -1.49. The average Bonchev–Trinajstić information content (AvgIpc) is 2.75. The predicted octanol–water partition coefficient (Wildman–Crippen LogP) is 3.60. The number of hydrogen-bond acceptors (Lipinski definition) is 3. The van der Waals surface area contributed by atoms with Gasteiger partial charge >= 0.3 is 0 Å². The summed E-state index contributed by atoms with van der Waals surface area (Å²) < 4.78 is 13.5. The van der Waals surface area contributed by atoms with Gasteiger partial charge in [0.05, 0.1) is 18.0 Å². The summed E-state index contributed by atoms with van der Waals surface area (Å²) in [6.07, 6.45) is 0. The standard InChI is InChI=1S/C15H19BrN2O2/c1-4-19-14-7-5-6-12(9-16)15(14)20-10-13-8-11(2)17-18(13)3/h5-8H,4,9-10H2,1-3H3. The number of para-hydroxylation sites is 1. The topological polar surface area (TPSA) is 36.3 Å². The molecule has 0 saturated heterocycles. The van der Waals surface area contributed by atoms with Crippen LogP contribution in [0.3, 0.4) is 0 Å². The molecule has 5 heteroatoms. The van der Waals surface area contributed by atoms with Crippen molar-refractivity contribution >= 4 is 15.9 Å². The van der Waals surface area contributed by atoms with Gasteiger partial charge in [0.25, 0.3) is 0 Å². The van der Waals surface area contributed by atoms with E-state index in [2.05, 4.69) is 21.0 Å². The number of rotatable bonds is 6. The van der Waals surface area contributed by atoms with Gasteiger partial charge < -0.3 is 9.47 Å². The number of halogens is 1. The van der Waals surface area contributed by atoms with Crippen LogP contribution < -0.4 is 9.47 Å². The number of hydrogen-bond donors (Lipinski definition) is 0. The Bertz CT molecular complexity index is 581. The van der Waals surface area contributed by atoms with Crippen molar-refractivity contribution in [2.45, 2.75) is 25.8 Å².